The van der Waals surface area contributed by atoms with E-state index in [4.69, 9.17) is 45.4 Å². The zero-order valence-electron chi connectivity index (χ0n) is 16.6. The smallest absolute Gasteiger partial charge is 0.233 e. The van der Waals surface area contributed by atoms with Crippen molar-refractivity contribution >= 4 is 46.7 Å². The molecule has 3 heterocycles. The number of anilines is 4. The first-order chi connectivity index (χ1) is 14.4. The molecule has 162 valence electrons. The van der Waals surface area contributed by atoms with Gasteiger partial charge >= 0.3 is 0 Å². The number of rotatable bonds is 4. The van der Waals surface area contributed by atoms with Gasteiger partial charge in [-0.15, -0.1) is 0 Å². The van der Waals surface area contributed by atoms with Crippen molar-refractivity contribution < 1.29 is 0 Å². The molecule has 1 aromatic carbocycles. The van der Waals surface area contributed by atoms with Crippen molar-refractivity contribution in [3.8, 4) is 0 Å². The molecule has 1 unspecified atom stereocenters. The standard InChI is InChI=1S/C19H27Cl2N9/c20-15-4-3-14(7-16(15)21)25-17-26-18(29-5-1-2-11(22)8-29)28-19(27-17)30-9-12(23)6-13(24)10-30/h3-4,7,11-13H,1-2,5-6,8-10,22-24H2,(H,25,26,27,28)/t11?,12-,13+. The molecule has 0 bridgehead atoms. The van der Waals surface area contributed by atoms with Crippen molar-refractivity contribution in [1.29, 1.82) is 0 Å². The van der Waals surface area contributed by atoms with Gasteiger partial charge in [-0.05, 0) is 37.5 Å². The summed E-state index contributed by atoms with van der Waals surface area (Å²) in [6, 6.07) is 5.33. The molecule has 4 rings (SSSR count). The number of benzene rings is 1. The highest BCUT2D eigenvalue weighted by molar-refractivity contribution is 6.42. The molecule has 2 aliphatic heterocycles. The van der Waals surface area contributed by atoms with Crippen molar-refractivity contribution in [2.24, 2.45) is 17.2 Å². The predicted octanol–water partition coefficient (Wildman–Crippen LogP) is 1.71. The van der Waals surface area contributed by atoms with Crippen LogP contribution < -0.4 is 32.3 Å². The second kappa shape index (κ2) is 9.07. The Morgan fingerprint density at radius 3 is 2.20 bits per heavy atom. The summed E-state index contributed by atoms with van der Waals surface area (Å²) in [5.74, 6) is 1.55. The molecule has 0 radical (unpaired) electrons. The maximum atomic E-state index is 6.18. The fraction of sp³-hybridized carbons (Fsp3) is 0.526. The summed E-state index contributed by atoms with van der Waals surface area (Å²) in [5.41, 5.74) is 19.3. The zero-order chi connectivity index (χ0) is 21.3. The SMILES string of the molecule is NC1CCCN(c2nc(Nc3ccc(Cl)c(Cl)c3)nc(N3C[C@H](N)C[C@H](N)C3)n2)C1. The van der Waals surface area contributed by atoms with E-state index >= 15 is 0 Å². The predicted molar refractivity (Wildman–Crippen MR) is 122 cm³/mol. The maximum absolute atomic E-state index is 6.18. The minimum atomic E-state index is -0.0242. The molecule has 0 saturated carbocycles. The third-order valence-electron chi connectivity index (χ3n) is 5.33. The fourth-order valence-electron chi connectivity index (χ4n) is 3.93. The van der Waals surface area contributed by atoms with Crippen molar-refractivity contribution in [1.82, 2.24) is 15.0 Å². The quantitative estimate of drug-likeness (QED) is 0.547. The van der Waals surface area contributed by atoms with Gasteiger partial charge in [-0.1, -0.05) is 23.2 Å². The number of aromatic nitrogens is 3. The maximum Gasteiger partial charge on any atom is 0.233 e. The van der Waals surface area contributed by atoms with E-state index in [-0.39, 0.29) is 18.1 Å². The van der Waals surface area contributed by atoms with Gasteiger partial charge in [0.1, 0.15) is 0 Å². The Kier molecular flexibility index (Phi) is 6.45. The summed E-state index contributed by atoms with van der Waals surface area (Å²) in [7, 11) is 0. The Balaban J connectivity index is 1.67. The van der Waals surface area contributed by atoms with Gasteiger partial charge in [0, 0.05) is 50.0 Å². The number of nitrogens with zero attached hydrogens (tertiary/aromatic N) is 5. The minimum absolute atomic E-state index is 0.0242. The highest BCUT2D eigenvalue weighted by atomic mass is 35.5. The van der Waals surface area contributed by atoms with E-state index in [0.29, 0.717) is 47.5 Å². The number of nitrogens with one attached hydrogen (secondary N) is 1. The van der Waals surface area contributed by atoms with Crippen molar-refractivity contribution in [3.63, 3.8) is 0 Å². The third-order valence-corrected chi connectivity index (χ3v) is 6.07. The molecular formula is C19H27Cl2N9. The molecule has 2 aromatic rings. The van der Waals surface area contributed by atoms with Gasteiger partial charge in [-0.3, -0.25) is 0 Å². The Morgan fingerprint density at radius 2 is 1.53 bits per heavy atom. The third kappa shape index (κ3) is 5.04. The molecule has 2 aliphatic rings. The highest BCUT2D eigenvalue weighted by Gasteiger charge is 2.27. The van der Waals surface area contributed by atoms with Crippen molar-refractivity contribution in [2.45, 2.75) is 37.4 Å². The normalized spacial score (nSPS) is 24.8. The van der Waals surface area contributed by atoms with E-state index in [2.05, 4.69) is 20.2 Å². The second-order valence-electron chi connectivity index (χ2n) is 8.02. The van der Waals surface area contributed by atoms with E-state index in [9.17, 15) is 0 Å². The van der Waals surface area contributed by atoms with Crippen LogP contribution in [0.3, 0.4) is 0 Å². The lowest BCUT2D eigenvalue weighted by Gasteiger charge is -2.35. The summed E-state index contributed by atoms with van der Waals surface area (Å²) >= 11 is 12.2. The minimum Gasteiger partial charge on any atom is -0.339 e. The van der Waals surface area contributed by atoms with Crippen LogP contribution in [0.15, 0.2) is 18.2 Å². The van der Waals surface area contributed by atoms with Crippen LogP contribution in [0.2, 0.25) is 10.0 Å². The van der Waals surface area contributed by atoms with Crippen LogP contribution in [-0.4, -0.2) is 59.3 Å². The van der Waals surface area contributed by atoms with E-state index < -0.39 is 0 Å². The van der Waals surface area contributed by atoms with Crippen LogP contribution >= 0.6 is 23.2 Å². The molecule has 0 spiro atoms. The summed E-state index contributed by atoms with van der Waals surface area (Å²) in [4.78, 5) is 18.1. The summed E-state index contributed by atoms with van der Waals surface area (Å²) in [5, 5.41) is 4.15. The topological polar surface area (TPSA) is 135 Å². The van der Waals surface area contributed by atoms with Crippen molar-refractivity contribution in [3.05, 3.63) is 28.2 Å². The first-order valence-electron chi connectivity index (χ1n) is 10.1. The van der Waals surface area contributed by atoms with Crippen LogP contribution in [0, 0.1) is 0 Å². The number of piperidine rings is 2. The molecule has 0 amide bonds. The fourth-order valence-corrected chi connectivity index (χ4v) is 4.23. The molecule has 2 saturated heterocycles. The van der Waals surface area contributed by atoms with E-state index in [0.717, 1.165) is 31.5 Å². The first-order valence-corrected chi connectivity index (χ1v) is 10.9. The molecule has 3 atom stereocenters. The number of hydrogen-bond acceptors (Lipinski definition) is 9. The van der Waals surface area contributed by atoms with Gasteiger partial charge < -0.3 is 32.3 Å². The first kappa shape index (κ1) is 21.3. The van der Waals surface area contributed by atoms with Crippen LogP contribution in [0.1, 0.15) is 19.3 Å². The molecule has 7 N–H and O–H groups in total. The number of halogens is 2. The number of hydrogen-bond donors (Lipinski definition) is 4. The molecule has 1 aromatic heterocycles. The van der Waals surface area contributed by atoms with Gasteiger partial charge in [0.05, 0.1) is 10.0 Å². The molecule has 9 nitrogen and oxygen atoms in total. The molecular weight excluding hydrogens is 425 g/mol. The monoisotopic (exact) mass is 451 g/mol. The van der Waals surface area contributed by atoms with Gasteiger partial charge in [0.2, 0.25) is 17.8 Å². The Bertz CT molecular complexity index is 886. The zero-order valence-corrected chi connectivity index (χ0v) is 18.1. The Labute approximate surface area is 185 Å². The lowest BCUT2D eigenvalue weighted by atomic mass is 10.0. The van der Waals surface area contributed by atoms with E-state index in [1.54, 1.807) is 12.1 Å². The van der Waals surface area contributed by atoms with Gasteiger partial charge in [-0.25, -0.2) is 0 Å². The van der Waals surface area contributed by atoms with Crippen molar-refractivity contribution in [2.75, 3.05) is 41.3 Å². The summed E-state index contributed by atoms with van der Waals surface area (Å²) < 4.78 is 0. The van der Waals surface area contributed by atoms with Crippen LogP contribution in [0.25, 0.3) is 0 Å². The largest absolute Gasteiger partial charge is 0.339 e. The van der Waals surface area contributed by atoms with Gasteiger partial charge in [0.15, 0.2) is 0 Å². The Hall–Kier alpha value is -1.91. The molecule has 0 aliphatic carbocycles. The van der Waals surface area contributed by atoms with Crippen LogP contribution in [-0.2, 0) is 0 Å². The number of nitrogens with two attached hydrogens (primary N) is 3. The summed E-state index contributed by atoms with van der Waals surface area (Å²) in [6.07, 6.45) is 2.78. The van der Waals surface area contributed by atoms with Gasteiger partial charge in [0.25, 0.3) is 0 Å². The lowest BCUT2D eigenvalue weighted by molar-refractivity contribution is 0.446. The highest BCUT2D eigenvalue weighted by Crippen LogP contribution is 2.28. The lowest BCUT2D eigenvalue weighted by Crippen LogP contribution is -2.53. The van der Waals surface area contributed by atoms with E-state index in [1.165, 1.54) is 0 Å². The average molecular weight is 452 g/mol. The van der Waals surface area contributed by atoms with Crippen LogP contribution in [0.4, 0.5) is 23.5 Å². The molecule has 2 fully saturated rings. The molecule has 30 heavy (non-hydrogen) atoms. The van der Waals surface area contributed by atoms with E-state index in [1.807, 2.05) is 11.0 Å². The van der Waals surface area contributed by atoms with Gasteiger partial charge in [-0.2, -0.15) is 15.0 Å². The summed E-state index contributed by atoms with van der Waals surface area (Å²) in [6.45, 7) is 2.84. The Morgan fingerprint density at radius 1 is 0.867 bits per heavy atom. The molecule has 11 heteroatoms. The second-order valence-corrected chi connectivity index (χ2v) is 8.84. The van der Waals surface area contributed by atoms with Crippen LogP contribution in [0.5, 0.6) is 0 Å². The average Bonchev–Trinajstić information content (AvgIpc) is 2.70.